The molecule has 5 nitrogen and oxygen atoms in total. The van der Waals surface area contributed by atoms with Crippen molar-refractivity contribution in [1.29, 1.82) is 0 Å². The van der Waals surface area contributed by atoms with Gasteiger partial charge < -0.3 is 14.5 Å². The fourth-order valence-corrected chi connectivity index (χ4v) is 3.62. The highest BCUT2D eigenvalue weighted by atomic mass is 16.5. The Bertz CT molecular complexity index is 731. The van der Waals surface area contributed by atoms with Gasteiger partial charge in [-0.15, -0.1) is 0 Å². The van der Waals surface area contributed by atoms with Gasteiger partial charge in [0.25, 0.3) is 5.91 Å². The maximum Gasteiger partial charge on any atom is 0.254 e. The summed E-state index contributed by atoms with van der Waals surface area (Å²) in [6.07, 6.45) is 5.76. The number of carbonyl (C=O) groups excluding carboxylic acids is 1. The fraction of sp³-hybridized carbons (Fsp3) is 0.429. The quantitative estimate of drug-likeness (QED) is 0.852. The molecule has 0 atom stereocenters. The Balaban J connectivity index is 1.45. The van der Waals surface area contributed by atoms with E-state index in [4.69, 9.17) is 4.74 Å². The van der Waals surface area contributed by atoms with Gasteiger partial charge in [-0.3, -0.25) is 4.79 Å². The molecule has 2 saturated heterocycles. The maximum atomic E-state index is 12.5. The first-order valence-electron chi connectivity index (χ1n) is 9.50. The van der Waals surface area contributed by atoms with Gasteiger partial charge in [0.2, 0.25) is 0 Å². The first-order chi connectivity index (χ1) is 12.8. The third-order valence-corrected chi connectivity index (χ3v) is 5.19. The Morgan fingerprint density at radius 2 is 1.54 bits per heavy atom. The number of carbonyl (C=O) groups is 1. The molecule has 2 aliphatic rings. The average molecular weight is 351 g/mol. The van der Waals surface area contributed by atoms with Gasteiger partial charge in [0.1, 0.15) is 5.82 Å². The van der Waals surface area contributed by atoms with Crippen molar-refractivity contribution in [3.05, 3.63) is 48.2 Å². The zero-order valence-electron chi connectivity index (χ0n) is 15.1. The molecule has 0 bridgehead atoms. The summed E-state index contributed by atoms with van der Waals surface area (Å²) in [4.78, 5) is 21.4. The summed E-state index contributed by atoms with van der Waals surface area (Å²) in [7, 11) is 0. The second kappa shape index (κ2) is 7.87. The van der Waals surface area contributed by atoms with Crippen LogP contribution in [-0.4, -0.2) is 55.2 Å². The van der Waals surface area contributed by atoms with E-state index in [1.165, 1.54) is 19.3 Å². The zero-order chi connectivity index (χ0) is 17.8. The van der Waals surface area contributed by atoms with Crippen molar-refractivity contribution in [1.82, 2.24) is 9.88 Å². The molecule has 136 valence electrons. The van der Waals surface area contributed by atoms with E-state index in [-0.39, 0.29) is 5.91 Å². The molecule has 4 rings (SSSR count). The summed E-state index contributed by atoms with van der Waals surface area (Å²) in [6, 6.07) is 12.1. The summed E-state index contributed by atoms with van der Waals surface area (Å²) < 4.78 is 5.31. The van der Waals surface area contributed by atoms with Crippen molar-refractivity contribution in [3.8, 4) is 11.1 Å². The maximum absolute atomic E-state index is 12.5. The molecule has 1 aromatic carbocycles. The van der Waals surface area contributed by atoms with Gasteiger partial charge in [-0.25, -0.2) is 4.98 Å². The summed E-state index contributed by atoms with van der Waals surface area (Å²) >= 11 is 0. The third-order valence-electron chi connectivity index (χ3n) is 5.19. The molecule has 26 heavy (non-hydrogen) atoms. The lowest BCUT2D eigenvalue weighted by atomic mass is 10.0. The molecule has 3 heterocycles. The smallest absolute Gasteiger partial charge is 0.254 e. The highest BCUT2D eigenvalue weighted by molar-refractivity contribution is 5.94. The Morgan fingerprint density at radius 1 is 0.846 bits per heavy atom. The van der Waals surface area contributed by atoms with E-state index in [9.17, 15) is 4.79 Å². The molecule has 2 aromatic rings. The Labute approximate surface area is 154 Å². The zero-order valence-corrected chi connectivity index (χ0v) is 15.1. The van der Waals surface area contributed by atoms with Gasteiger partial charge in [0, 0.05) is 43.5 Å². The second-order valence-corrected chi connectivity index (χ2v) is 6.93. The molecule has 1 aromatic heterocycles. The molecule has 2 fully saturated rings. The van der Waals surface area contributed by atoms with Crippen LogP contribution in [0.1, 0.15) is 29.6 Å². The monoisotopic (exact) mass is 351 g/mol. The lowest BCUT2D eigenvalue weighted by Crippen LogP contribution is -2.40. The predicted octanol–water partition coefficient (Wildman–Crippen LogP) is 3.21. The van der Waals surface area contributed by atoms with E-state index in [0.717, 1.165) is 35.6 Å². The molecule has 0 N–H and O–H groups in total. The number of rotatable bonds is 3. The molecule has 1 amide bonds. The van der Waals surface area contributed by atoms with Crippen LogP contribution >= 0.6 is 0 Å². The van der Waals surface area contributed by atoms with Gasteiger partial charge in [-0.1, -0.05) is 12.1 Å². The lowest BCUT2D eigenvalue weighted by Gasteiger charge is -2.27. The standard InChI is InChI=1S/C21H25N3O2/c25-21(24-12-14-26-15-13-24)18-6-4-17(5-7-18)19-8-9-20(22-16-19)23-10-2-1-3-11-23/h4-9,16H,1-3,10-15H2. The highest BCUT2D eigenvalue weighted by Crippen LogP contribution is 2.23. The highest BCUT2D eigenvalue weighted by Gasteiger charge is 2.18. The molecule has 0 saturated carbocycles. The van der Waals surface area contributed by atoms with Crippen molar-refractivity contribution >= 4 is 11.7 Å². The summed E-state index contributed by atoms with van der Waals surface area (Å²) in [6.45, 7) is 4.79. The van der Waals surface area contributed by atoms with Gasteiger partial charge >= 0.3 is 0 Å². The van der Waals surface area contributed by atoms with Crippen molar-refractivity contribution in [2.45, 2.75) is 19.3 Å². The number of anilines is 1. The van der Waals surface area contributed by atoms with Gasteiger partial charge in [0.15, 0.2) is 0 Å². The lowest BCUT2D eigenvalue weighted by molar-refractivity contribution is 0.0303. The molecule has 5 heteroatoms. The van der Waals surface area contributed by atoms with Crippen LogP contribution in [0.2, 0.25) is 0 Å². The van der Waals surface area contributed by atoms with Crippen molar-refractivity contribution < 1.29 is 9.53 Å². The van der Waals surface area contributed by atoms with Crippen LogP contribution in [0.5, 0.6) is 0 Å². The minimum Gasteiger partial charge on any atom is -0.378 e. The van der Waals surface area contributed by atoms with Crippen LogP contribution in [-0.2, 0) is 4.74 Å². The Morgan fingerprint density at radius 3 is 2.19 bits per heavy atom. The van der Waals surface area contributed by atoms with E-state index in [1.54, 1.807) is 0 Å². The Kier molecular flexibility index (Phi) is 5.16. The minimum absolute atomic E-state index is 0.0819. The van der Waals surface area contributed by atoms with E-state index in [0.29, 0.717) is 26.3 Å². The normalized spacial score (nSPS) is 18.0. The topological polar surface area (TPSA) is 45.7 Å². The molecule has 0 spiro atoms. The van der Waals surface area contributed by atoms with Crippen LogP contribution < -0.4 is 4.90 Å². The van der Waals surface area contributed by atoms with Gasteiger partial charge in [-0.05, 0) is 49.1 Å². The van der Waals surface area contributed by atoms with E-state index < -0.39 is 0 Å². The minimum atomic E-state index is 0.0819. The molecular weight excluding hydrogens is 326 g/mol. The number of ether oxygens (including phenoxy) is 1. The molecular formula is C21H25N3O2. The van der Waals surface area contributed by atoms with Crippen LogP contribution in [0.3, 0.4) is 0 Å². The van der Waals surface area contributed by atoms with Gasteiger partial charge in [-0.2, -0.15) is 0 Å². The van der Waals surface area contributed by atoms with E-state index in [2.05, 4.69) is 22.0 Å². The first-order valence-corrected chi connectivity index (χ1v) is 9.50. The van der Waals surface area contributed by atoms with Crippen molar-refractivity contribution in [2.24, 2.45) is 0 Å². The number of benzene rings is 1. The SMILES string of the molecule is O=C(c1ccc(-c2ccc(N3CCCCC3)nc2)cc1)N1CCOCC1. The third kappa shape index (κ3) is 3.73. The number of nitrogens with zero attached hydrogens (tertiary/aromatic N) is 3. The van der Waals surface area contributed by atoms with Gasteiger partial charge in [0.05, 0.1) is 13.2 Å². The molecule has 0 unspecified atom stereocenters. The van der Waals surface area contributed by atoms with Crippen LogP contribution in [0, 0.1) is 0 Å². The average Bonchev–Trinajstić information content (AvgIpc) is 2.75. The van der Waals surface area contributed by atoms with Crippen LogP contribution in [0.15, 0.2) is 42.6 Å². The first kappa shape index (κ1) is 17.0. The number of pyridine rings is 1. The number of amides is 1. The van der Waals surface area contributed by atoms with Crippen LogP contribution in [0.25, 0.3) is 11.1 Å². The number of aromatic nitrogens is 1. The van der Waals surface area contributed by atoms with E-state index in [1.807, 2.05) is 35.4 Å². The number of hydrogen-bond donors (Lipinski definition) is 0. The van der Waals surface area contributed by atoms with Crippen molar-refractivity contribution in [3.63, 3.8) is 0 Å². The van der Waals surface area contributed by atoms with Crippen molar-refractivity contribution in [2.75, 3.05) is 44.3 Å². The van der Waals surface area contributed by atoms with Crippen LogP contribution in [0.4, 0.5) is 5.82 Å². The molecule has 0 aliphatic carbocycles. The van der Waals surface area contributed by atoms with E-state index >= 15 is 0 Å². The summed E-state index contributed by atoms with van der Waals surface area (Å²) in [5, 5.41) is 0. The summed E-state index contributed by atoms with van der Waals surface area (Å²) in [5.41, 5.74) is 2.89. The second-order valence-electron chi connectivity index (χ2n) is 6.93. The molecule has 2 aliphatic heterocycles. The fourth-order valence-electron chi connectivity index (χ4n) is 3.62. The predicted molar refractivity (Wildman–Crippen MR) is 102 cm³/mol. The number of hydrogen-bond acceptors (Lipinski definition) is 4. The summed E-state index contributed by atoms with van der Waals surface area (Å²) in [5.74, 6) is 1.14. The molecule has 0 radical (unpaired) electrons. The number of morpholine rings is 1. The largest absolute Gasteiger partial charge is 0.378 e. The number of piperidine rings is 1. The Hall–Kier alpha value is -2.40.